The van der Waals surface area contributed by atoms with E-state index >= 15 is 0 Å². The van der Waals surface area contributed by atoms with E-state index in [9.17, 15) is 4.79 Å². The number of hydrogen-bond acceptors (Lipinski definition) is 6. The lowest BCUT2D eigenvalue weighted by Gasteiger charge is -2.33. The number of furan rings is 1. The minimum Gasteiger partial charge on any atom is -0.467 e. The molecule has 7 nitrogen and oxygen atoms in total. The van der Waals surface area contributed by atoms with Crippen LogP contribution in [0.3, 0.4) is 0 Å². The number of carbonyl (C=O) groups is 1. The maximum Gasteiger partial charge on any atom is 0.236 e. The van der Waals surface area contributed by atoms with E-state index < -0.39 is 5.25 Å². The topological polar surface area (TPSA) is 85.0 Å². The zero-order valence-corrected chi connectivity index (χ0v) is 17.8. The average Bonchev–Trinajstić information content (AvgIpc) is 3.47. The lowest BCUT2D eigenvalue weighted by atomic mass is 10.0. The van der Waals surface area contributed by atoms with Gasteiger partial charge in [0.15, 0.2) is 5.82 Å². The molecule has 0 fully saturated rings. The number of benzene rings is 2. The van der Waals surface area contributed by atoms with Crippen molar-refractivity contribution in [2.75, 3.05) is 5.43 Å². The van der Waals surface area contributed by atoms with Crippen LogP contribution in [-0.2, 0) is 11.3 Å². The fourth-order valence-electron chi connectivity index (χ4n) is 3.44. The summed E-state index contributed by atoms with van der Waals surface area (Å²) < 4.78 is 7.17. The number of amides is 1. The summed E-state index contributed by atoms with van der Waals surface area (Å²) in [5.74, 6) is 1.26. The number of halogens is 1. The Morgan fingerprint density at radius 2 is 1.90 bits per heavy atom. The van der Waals surface area contributed by atoms with Crippen molar-refractivity contribution in [1.82, 2.24) is 20.2 Å². The maximum atomic E-state index is 13.1. The molecular weight excluding hydrogens is 434 g/mol. The first-order chi connectivity index (χ1) is 15.2. The van der Waals surface area contributed by atoms with Crippen LogP contribution in [0.15, 0.2) is 82.6 Å². The molecule has 0 radical (unpaired) electrons. The Hall–Kier alpha value is -3.23. The zero-order valence-electron chi connectivity index (χ0n) is 16.2. The number of carbonyl (C=O) groups excluding carboxylic acids is 1. The summed E-state index contributed by atoms with van der Waals surface area (Å²) in [6.07, 6.45) is 1.59. The van der Waals surface area contributed by atoms with Crippen LogP contribution in [0.4, 0.5) is 0 Å². The minimum atomic E-state index is -0.462. The number of hydrogen-bond donors (Lipinski definition) is 2. The Bertz CT molecular complexity index is 1180. The summed E-state index contributed by atoms with van der Waals surface area (Å²) in [5, 5.41) is 12.4. The molecule has 2 N–H and O–H groups in total. The first kappa shape index (κ1) is 19.7. The molecule has 0 bridgehead atoms. The van der Waals surface area contributed by atoms with Crippen molar-refractivity contribution >= 4 is 29.3 Å². The molecule has 1 aliphatic heterocycles. The van der Waals surface area contributed by atoms with Gasteiger partial charge in [-0.3, -0.25) is 4.79 Å². The van der Waals surface area contributed by atoms with Crippen LogP contribution in [0.2, 0.25) is 5.02 Å². The summed E-state index contributed by atoms with van der Waals surface area (Å²) in [7, 11) is 0. The quantitative estimate of drug-likeness (QED) is 0.471. The molecule has 0 aliphatic carbocycles. The van der Waals surface area contributed by atoms with Crippen molar-refractivity contribution in [3.63, 3.8) is 0 Å². The van der Waals surface area contributed by atoms with Gasteiger partial charge in [0.1, 0.15) is 11.0 Å². The highest BCUT2D eigenvalue weighted by atomic mass is 35.5. The normalized spacial score (nSPS) is 17.6. The highest BCUT2D eigenvalue weighted by Crippen LogP contribution is 2.38. The standard InChI is InChI=1S/C22H18ClN5O2S/c23-16-10-8-14(9-11-16)18-19(21(29)24-13-17-7-4-12-30-17)31-22-26-25-20(28(22)27-18)15-5-2-1-3-6-15/h1-12,18-19,27H,13H2,(H,24,29)/t18-,19+/m0/s1. The Morgan fingerprint density at radius 1 is 1.10 bits per heavy atom. The van der Waals surface area contributed by atoms with Gasteiger partial charge in [0, 0.05) is 10.6 Å². The van der Waals surface area contributed by atoms with Gasteiger partial charge < -0.3 is 15.2 Å². The smallest absolute Gasteiger partial charge is 0.236 e. The van der Waals surface area contributed by atoms with E-state index in [0.29, 0.717) is 28.3 Å². The minimum absolute atomic E-state index is 0.121. The van der Waals surface area contributed by atoms with E-state index in [1.807, 2.05) is 65.3 Å². The van der Waals surface area contributed by atoms with Crippen LogP contribution < -0.4 is 10.7 Å². The molecule has 2 aromatic carbocycles. The van der Waals surface area contributed by atoms with Gasteiger partial charge in [-0.25, -0.2) is 4.68 Å². The molecule has 4 aromatic rings. The van der Waals surface area contributed by atoms with E-state index in [1.165, 1.54) is 11.8 Å². The van der Waals surface area contributed by atoms with Crippen LogP contribution >= 0.6 is 23.4 Å². The van der Waals surface area contributed by atoms with Crippen LogP contribution in [0.25, 0.3) is 11.4 Å². The predicted octanol–water partition coefficient (Wildman–Crippen LogP) is 4.27. The summed E-state index contributed by atoms with van der Waals surface area (Å²) in [6, 6.07) is 20.6. The van der Waals surface area contributed by atoms with Gasteiger partial charge in [0.05, 0.1) is 18.8 Å². The van der Waals surface area contributed by atoms with Crippen molar-refractivity contribution in [2.24, 2.45) is 0 Å². The number of nitrogens with zero attached hydrogens (tertiary/aromatic N) is 3. The van der Waals surface area contributed by atoms with Gasteiger partial charge >= 0.3 is 0 Å². The molecule has 3 heterocycles. The molecule has 0 saturated carbocycles. The van der Waals surface area contributed by atoms with Crippen LogP contribution in [0, 0.1) is 0 Å². The highest BCUT2D eigenvalue weighted by Gasteiger charge is 2.38. The molecule has 5 rings (SSSR count). The molecule has 2 aromatic heterocycles. The highest BCUT2D eigenvalue weighted by molar-refractivity contribution is 8.00. The molecule has 1 aliphatic rings. The van der Waals surface area contributed by atoms with Crippen LogP contribution in [0.1, 0.15) is 17.4 Å². The van der Waals surface area contributed by atoms with Gasteiger partial charge in [-0.15, -0.1) is 10.2 Å². The van der Waals surface area contributed by atoms with Crippen molar-refractivity contribution in [2.45, 2.75) is 23.0 Å². The molecule has 0 spiro atoms. The maximum absolute atomic E-state index is 13.1. The van der Waals surface area contributed by atoms with Gasteiger partial charge in [-0.05, 0) is 29.8 Å². The summed E-state index contributed by atoms with van der Waals surface area (Å²) in [4.78, 5) is 13.1. The average molecular weight is 452 g/mol. The van der Waals surface area contributed by atoms with Crippen molar-refractivity contribution in [1.29, 1.82) is 0 Å². The second-order valence-corrected chi connectivity index (χ2v) is 8.55. The lowest BCUT2D eigenvalue weighted by Crippen LogP contribution is -2.43. The number of thioether (sulfide) groups is 1. The van der Waals surface area contributed by atoms with Gasteiger partial charge in [-0.2, -0.15) is 0 Å². The first-order valence-corrected chi connectivity index (χ1v) is 10.9. The second kappa shape index (κ2) is 8.49. The molecule has 31 heavy (non-hydrogen) atoms. The van der Waals surface area contributed by atoms with Crippen molar-refractivity contribution in [3.05, 3.63) is 89.3 Å². The van der Waals surface area contributed by atoms with Crippen molar-refractivity contribution in [3.8, 4) is 11.4 Å². The molecular formula is C22H18ClN5O2S. The number of nitrogens with one attached hydrogen (secondary N) is 2. The summed E-state index contributed by atoms with van der Waals surface area (Å²) in [5.41, 5.74) is 5.32. The third-order valence-electron chi connectivity index (χ3n) is 4.97. The number of fused-ring (bicyclic) bond motifs is 1. The molecule has 1 amide bonds. The molecule has 0 unspecified atom stereocenters. The second-order valence-electron chi connectivity index (χ2n) is 7.00. The van der Waals surface area contributed by atoms with E-state index in [-0.39, 0.29) is 11.9 Å². The Morgan fingerprint density at radius 3 is 2.65 bits per heavy atom. The summed E-state index contributed by atoms with van der Waals surface area (Å²) >= 11 is 7.46. The summed E-state index contributed by atoms with van der Waals surface area (Å²) in [6.45, 7) is 0.318. The third kappa shape index (κ3) is 4.04. The zero-order chi connectivity index (χ0) is 21.2. The van der Waals surface area contributed by atoms with Gasteiger partial charge in [0.2, 0.25) is 11.1 Å². The largest absolute Gasteiger partial charge is 0.467 e. The number of rotatable bonds is 5. The Balaban J connectivity index is 1.47. The van der Waals surface area contributed by atoms with Crippen LogP contribution in [-0.4, -0.2) is 26.0 Å². The lowest BCUT2D eigenvalue weighted by molar-refractivity contribution is -0.121. The third-order valence-corrected chi connectivity index (χ3v) is 6.44. The van der Waals surface area contributed by atoms with Gasteiger partial charge in [-0.1, -0.05) is 65.8 Å². The predicted molar refractivity (Wildman–Crippen MR) is 119 cm³/mol. The van der Waals surface area contributed by atoms with E-state index in [4.69, 9.17) is 16.0 Å². The van der Waals surface area contributed by atoms with E-state index in [1.54, 1.807) is 12.3 Å². The first-order valence-electron chi connectivity index (χ1n) is 9.68. The van der Waals surface area contributed by atoms with Gasteiger partial charge in [0.25, 0.3) is 0 Å². The Labute approximate surface area is 187 Å². The molecule has 0 saturated heterocycles. The monoisotopic (exact) mass is 451 g/mol. The SMILES string of the molecule is O=C(NCc1ccco1)[C@@H]1Sc2nnc(-c3ccccc3)n2N[C@H]1c1ccc(Cl)cc1. The van der Waals surface area contributed by atoms with Crippen molar-refractivity contribution < 1.29 is 9.21 Å². The van der Waals surface area contributed by atoms with Crippen LogP contribution in [0.5, 0.6) is 0 Å². The fourth-order valence-corrected chi connectivity index (χ4v) is 4.67. The van der Waals surface area contributed by atoms with E-state index in [2.05, 4.69) is 20.9 Å². The van der Waals surface area contributed by atoms with E-state index in [0.717, 1.165) is 11.1 Å². The molecule has 2 atom stereocenters. The fraction of sp³-hybridized carbons (Fsp3) is 0.136. The molecule has 9 heteroatoms. The molecule has 156 valence electrons. The number of aromatic nitrogens is 3. The Kier molecular flexibility index (Phi) is 5.40.